The third-order valence-corrected chi connectivity index (χ3v) is 4.87. The zero-order chi connectivity index (χ0) is 19.6. The van der Waals surface area contributed by atoms with Crippen molar-refractivity contribution < 1.29 is 22.7 Å². The zero-order valence-electron chi connectivity index (χ0n) is 15.0. The van der Waals surface area contributed by atoms with Crippen LogP contribution in [0.3, 0.4) is 0 Å². The molecule has 1 heterocycles. The van der Waals surface area contributed by atoms with Crippen LogP contribution in [0.5, 0.6) is 0 Å². The maximum absolute atomic E-state index is 12.6. The van der Waals surface area contributed by atoms with E-state index in [0.29, 0.717) is 13.0 Å². The molecular formula is C16H24F3N5O2. The number of nitrogens with one attached hydrogen (secondary N) is 2. The largest absolute Gasteiger partial charge is 0.433 e. The van der Waals surface area contributed by atoms with Gasteiger partial charge in [0.25, 0.3) is 0 Å². The highest BCUT2D eigenvalue weighted by Crippen LogP contribution is 2.49. The maximum Gasteiger partial charge on any atom is 0.433 e. The summed E-state index contributed by atoms with van der Waals surface area (Å²) in [5.41, 5.74) is 3.66. The summed E-state index contributed by atoms with van der Waals surface area (Å²) < 4.78 is 43.4. The number of nitrogens with two attached hydrogens (primary N) is 1. The first kappa shape index (κ1) is 20.4. The van der Waals surface area contributed by atoms with Crippen LogP contribution < -0.4 is 16.4 Å². The van der Waals surface area contributed by atoms with Crippen LogP contribution >= 0.6 is 0 Å². The highest BCUT2D eigenvalue weighted by Gasteiger charge is 2.62. The van der Waals surface area contributed by atoms with Crippen molar-refractivity contribution in [3.63, 3.8) is 0 Å². The van der Waals surface area contributed by atoms with Crippen LogP contribution in [0.4, 0.5) is 19.1 Å². The Labute approximate surface area is 149 Å². The van der Waals surface area contributed by atoms with Crippen molar-refractivity contribution in [3.05, 3.63) is 18.0 Å². The maximum atomic E-state index is 12.6. The van der Waals surface area contributed by atoms with Crippen molar-refractivity contribution >= 4 is 11.9 Å². The van der Waals surface area contributed by atoms with Crippen LogP contribution in [-0.4, -0.2) is 47.2 Å². The molecule has 1 aliphatic carbocycles. The fourth-order valence-electron chi connectivity index (χ4n) is 2.93. The molecule has 7 nitrogen and oxygen atoms in total. The molecule has 1 aliphatic rings. The summed E-state index contributed by atoms with van der Waals surface area (Å²) >= 11 is 0. The second kappa shape index (κ2) is 7.36. The Morgan fingerprint density at radius 3 is 2.69 bits per heavy atom. The minimum atomic E-state index is -4.54. The molecule has 4 N–H and O–H groups in total. The number of alkyl halides is 3. The monoisotopic (exact) mass is 375 g/mol. The van der Waals surface area contributed by atoms with Crippen molar-refractivity contribution in [1.82, 2.24) is 15.3 Å². The first-order valence-corrected chi connectivity index (χ1v) is 8.35. The van der Waals surface area contributed by atoms with Crippen molar-refractivity contribution in [1.29, 1.82) is 0 Å². The highest BCUT2D eigenvalue weighted by molar-refractivity contribution is 5.88. The van der Waals surface area contributed by atoms with E-state index in [9.17, 15) is 18.0 Å². The lowest BCUT2D eigenvalue weighted by atomic mass is 9.54. The van der Waals surface area contributed by atoms with E-state index in [4.69, 9.17) is 10.5 Å². The molecule has 1 aromatic heterocycles. The molecule has 0 aromatic carbocycles. The predicted octanol–water partition coefficient (Wildman–Crippen LogP) is 1.56. The second-order valence-corrected chi connectivity index (χ2v) is 6.79. The Balaban J connectivity index is 1.83. The number of carbonyl (C=O) groups is 1. The molecule has 26 heavy (non-hydrogen) atoms. The van der Waals surface area contributed by atoms with Gasteiger partial charge in [0.15, 0.2) is 0 Å². The van der Waals surface area contributed by atoms with E-state index in [2.05, 4.69) is 20.6 Å². The normalized spacial score (nSPS) is 24.7. The summed E-state index contributed by atoms with van der Waals surface area (Å²) in [6, 6.07) is 0.790. The van der Waals surface area contributed by atoms with Gasteiger partial charge in [-0.2, -0.15) is 13.2 Å². The van der Waals surface area contributed by atoms with Gasteiger partial charge in [-0.05, 0) is 13.0 Å². The standard InChI is InChI=1S/C16H24F3N5O2/c1-4-26-11-9-15(20,14(11,2)3)12(25)21-7-8-23-13-22-6-5-10(24-13)16(17,18)19/h5-6,11H,4,7-9,20H2,1-3H3,(H,21,25)(H,22,23,24). The summed E-state index contributed by atoms with van der Waals surface area (Å²) in [4.78, 5) is 19.5. The number of halogens is 3. The highest BCUT2D eigenvalue weighted by atomic mass is 19.4. The van der Waals surface area contributed by atoms with E-state index < -0.39 is 22.8 Å². The molecule has 2 unspecified atom stereocenters. The molecule has 146 valence electrons. The molecule has 0 saturated heterocycles. The molecule has 10 heteroatoms. The topological polar surface area (TPSA) is 102 Å². The van der Waals surface area contributed by atoms with Crippen molar-refractivity contribution in [3.8, 4) is 0 Å². The molecule has 0 bridgehead atoms. The van der Waals surface area contributed by atoms with Crippen molar-refractivity contribution in [2.24, 2.45) is 11.1 Å². The number of hydrogen-bond donors (Lipinski definition) is 3. The third kappa shape index (κ3) is 3.90. The molecule has 2 atom stereocenters. The van der Waals surface area contributed by atoms with Crippen molar-refractivity contribution in [2.45, 2.75) is 45.0 Å². The van der Waals surface area contributed by atoms with Gasteiger partial charge in [-0.1, -0.05) is 13.8 Å². The summed E-state index contributed by atoms with van der Waals surface area (Å²) in [6.07, 6.45) is -3.17. The number of amides is 1. The lowest BCUT2D eigenvalue weighted by molar-refractivity contribution is -0.170. The lowest BCUT2D eigenvalue weighted by Gasteiger charge is -2.57. The van der Waals surface area contributed by atoms with Crippen LogP contribution in [0.15, 0.2) is 12.3 Å². The number of rotatable bonds is 7. The number of ether oxygens (including phenoxy) is 1. The van der Waals surface area contributed by atoms with E-state index in [1.54, 1.807) is 0 Å². The average Bonchev–Trinajstić information content (AvgIpc) is 2.57. The number of hydrogen-bond acceptors (Lipinski definition) is 6. The SMILES string of the molecule is CCOC1CC(N)(C(=O)NCCNc2nccc(C(F)(F)F)n2)C1(C)C. The van der Waals surface area contributed by atoms with Gasteiger partial charge in [0, 0.05) is 37.7 Å². The van der Waals surface area contributed by atoms with Crippen LogP contribution in [0.2, 0.25) is 0 Å². The number of aromatic nitrogens is 2. The molecule has 1 amide bonds. The Bertz CT molecular complexity index is 653. The number of carbonyl (C=O) groups excluding carboxylic acids is 1. The quantitative estimate of drug-likeness (QED) is 0.625. The molecule has 2 rings (SSSR count). The van der Waals surface area contributed by atoms with Gasteiger partial charge < -0.3 is 21.1 Å². The number of nitrogens with zero attached hydrogens (tertiary/aromatic N) is 2. The van der Waals surface area contributed by atoms with Gasteiger partial charge in [0.2, 0.25) is 11.9 Å². The third-order valence-electron chi connectivity index (χ3n) is 4.87. The molecular weight excluding hydrogens is 351 g/mol. The summed E-state index contributed by atoms with van der Waals surface area (Å²) in [7, 11) is 0. The Hall–Kier alpha value is -1.94. The Morgan fingerprint density at radius 2 is 2.12 bits per heavy atom. The second-order valence-electron chi connectivity index (χ2n) is 6.79. The van der Waals surface area contributed by atoms with E-state index in [-0.39, 0.29) is 31.0 Å². The molecule has 0 aliphatic heterocycles. The molecule has 0 spiro atoms. The molecule has 1 saturated carbocycles. The number of anilines is 1. The van der Waals surface area contributed by atoms with Gasteiger partial charge in [0.1, 0.15) is 11.2 Å². The van der Waals surface area contributed by atoms with Gasteiger partial charge in [-0.15, -0.1) is 0 Å². The Kier molecular flexibility index (Phi) is 5.76. The van der Waals surface area contributed by atoms with Crippen LogP contribution in [0.1, 0.15) is 32.9 Å². The van der Waals surface area contributed by atoms with Gasteiger partial charge in [-0.3, -0.25) is 4.79 Å². The van der Waals surface area contributed by atoms with E-state index in [1.165, 1.54) is 0 Å². The fourth-order valence-corrected chi connectivity index (χ4v) is 2.93. The molecule has 0 radical (unpaired) electrons. The minimum Gasteiger partial charge on any atom is -0.378 e. The zero-order valence-corrected chi connectivity index (χ0v) is 15.0. The van der Waals surface area contributed by atoms with E-state index in [1.807, 2.05) is 20.8 Å². The van der Waals surface area contributed by atoms with Crippen LogP contribution in [-0.2, 0) is 15.7 Å². The van der Waals surface area contributed by atoms with Crippen LogP contribution in [0, 0.1) is 5.41 Å². The Morgan fingerprint density at radius 1 is 1.42 bits per heavy atom. The van der Waals surface area contributed by atoms with E-state index >= 15 is 0 Å². The lowest BCUT2D eigenvalue weighted by Crippen LogP contribution is -2.75. The summed E-state index contributed by atoms with van der Waals surface area (Å²) in [6.45, 7) is 6.53. The first-order chi connectivity index (χ1) is 12.0. The molecule has 1 aromatic rings. The summed E-state index contributed by atoms with van der Waals surface area (Å²) in [5.74, 6) is -0.470. The van der Waals surface area contributed by atoms with Crippen molar-refractivity contribution in [2.75, 3.05) is 25.0 Å². The predicted molar refractivity (Wildman–Crippen MR) is 89.3 cm³/mol. The van der Waals surface area contributed by atoms with Gasteiger partial charge in [0.05, 0.1) is 6.10 Å². The first-order valence-electron chi connectivity index (χ1n) is 8.35. The van der Waals surface area contributed by atoms with Gasteiger partial charge in [-0.25, -0.2) is 9.97 Å². The summed E-state index contributed by atoms with van der Waals surface area (Å²) in [5, 5.41) is 5.35. The van der Waals surface area contributed by atoms with E-state index in [0.717, 1.165) is 12.3 Å². The fraction of sp³-hybridized carbons (Fsp3) is 0.688. The average molecular weight is 375 g/mol. The minimum absolute atomic E-state index is 0.0834. The van der Waals surface area contributed by atoms with Crippen LogP contribution in [0.25, 0.3) is 0 Å². The molecule has 1 fully saturated rings. The smallest absolute Gasteiger partial charge is 0.378 e. The van der Waals surface area contributed by atoms with Gasteiger partial charge >= 0.3 is 6.18 Å².